The minimum absolute atomic E-state index is 0.694. The highest BCUT2D eigenvalue weighted by molar-refractivity contribution is 5.70. The Labute approximate surface area is 195 Å². The molecule has 4 heteroatoms. The number of hydrogen-bond donors (Lipinski definition) is 0. The molecule has 0 N–H and O–H groups in total. The molecule has 4 nitrogen and oxygen atoms in total. The largest absolute Gasteiger partial charge is 0.552 e. The lowest BCUT2D eigenvalue weighted by Crippen LogP contribution is -2.82. The van der Waals surface area contributed by atoms with Crippen LogP contribution in [0.3, 0.4) is 0 Å². The maximum Gasteiger partial charge on any atom is 0.552 e. The van der Waals surface area contributed by atoms with Gasteiger partial charge in [0.05, 0.1) is 11.4 Å². The van der Waals surface area contributed by atoms with Gasteiger partial charge in [0, 0.05) is 47.8 Å². The molecule has 33 heavy (non-hydrogen) atoms. The van der Waals surface area contributed by atoms with Crippen molar-refractivity contribution in [3.05, 3.63) is 105 Å². The first kappa shape index (κ1) is 20.0. The van der Waals surface area contributed by atoms with E-state index < -0.39 is 5.91 Å². The van der Waals surface area contributed by atoms with Crippen LogP contribution in [0.15, 0.2) is 48.8 Å². The van der Waals surface area contributed by atoms with E-state index in [1.54, 1.807) is 0 Å². The number of hydrogen-bond acceptors (Lipinski definition) is 0. The molecule has 0 saturated carbocycles. The van der Waals surface area contributed by atoms with Gasteiger partial charge in [-0.3, -0.25) is 0 Å². The van der Waals surface area contributed by atoms with E-state index in [0.717, 1.165) is 0 Å². The molecule has 0 aliphatic carbocycles. The number of pyridine rings is 2. The highest BCUT2D eigenvalue weighted by Crippen LogP contribution is 2.34. The third kappa shape index (κ3) is 2.52. The van der Waals surface area contributed by atoms with Crippen molar-refractivity contribution in [2.24, 2.45) is 0 Å². The fourth-order valence-electron chi connectivity index (χ4n) is 5.88. The summed E-state index contributed by atoms with van der Waals surface area (Å²) >= 11 is 0. The normalized spacial score (nSPS) is 15.0. The Bertz CT molecular complexity index is 1410. The zero-order valence-electron chi connectivity index (χ0n) is 20.2. The standard InChI is InChI=1S/C29H30N4/c1-19-11-13-30-25(15-19)7-9-27-21(3)17-23(5)32(27)29(30)31-14-12-20(2)16-26(31)8-10-28-22(4)18-24(6)33(28)29/h7-18H,1-6H3/q+2. The van der Waals surface area contributed by atoms with Crippen molar-refractivity contribution < 1.29 is 9.13 Å². The Kier molecular flexibility index (Phi) is 4.04. The van der Waals surface area contributed by atoms with Gasteiger partial charge in [0.1, 0.15) is 0 Å². The Morgan fingerprint density at radius 2 is 1.00 bits per heavy atom. The van der Waals surface area contributed by atoms with E-state index in [1.165, 1.54) is 56.4 Å². The van der Waals surface area contributed by atoms with E-state index in [1.807, 2.05) is 0 Å². The second kappa shape index (κ2) is 6.67. The molecule has 0 radical (unpaired) electrons. The monoisotopic (exact) mass is 434 g/mol. The topological polar surface area (TPSA) is 17.6 Å². The van der Waals surface area contributed by atoms with E-state index in [4.69, 9.17) is 0 Å². The molecule has 0 saturated heterocycles. The Hall–Kier alpha value is -3.66. The van der Waals surface area contributed by atoms with E-state index in [0.29, 0.717) is 0 Å². The molecule has 6 rings (SSSR count). The quantitative estimate of drug-likeness (QED) is 0.303. The molecule has 0 aromatic carbocycles. The summed E-state index contributed by atoms with van der Waals surface area (Å²) in [6.45, 7) is 13.2. The number of nitrogens with zero attached hydrogens (tertiary/aromatic N) is 4. The van der Waals surface area contributed by atoms with Crippen molar-refractivity contribution >= 4 is 24.3 Å². The molecule has 4 aromatic heterocycles. The summed E-state index contributed by atoms with van der Waals surface area (Å²) in [4.78, 5) is 0. The van der Waals surface area contributed by atoms with Crippen LogP contribution in [0, 0.1) is 41.5 Å². The summed E-state index contributed by atoms with van der Waals surface area (Å²) < 4.78 is 9.88. The van der Waals surface area contributed by atoms with Gasteiger partial charge in [-0.25, -0.2) is 9.13 Å². The molecular formula is C29H30N4+2. The second-order valence-corrected chi connectivity index (χ2v) is 9.64. The zero-order valence-corrected chi connectivity index (χ0v) is 20.2. The second-order valence-electron chi connectivity index (χ2n) is 9.64. The fourth-order valence-corrected chi connectivity index (χ4v) is 5.88. The smallest absolute Gasteiger partial charge is 0.204 e. The van der Waals surface area contributed by atoms with E-state index in [9.17, 15) is 0 Å². The predicted molar refractivity (Wildman–Crippen MR) is 133 cm³/mol. The van der Waals surface area contributed by atoms with Gasteiger partial charge in [0.2, 0.25) is 11.4 Å². The van der Waals surface area contributed by atoms with Gasteiger partial charge in [-0.15, -0.1) is 0 Å². The Morgan fingerprint density at radius 1 is 0.576 bits per heavy atom. The van der Waals surface area contributed by atoms with Crippen molar-refractivity contribution in [2.75, 3.05) is 0 Å². The third-order valence-corrected chi connectivity index (χ3v) is 7.20. The van der Waals surface area contributed by atoms with Crippen molar-refractivity contribution in [1.82, 2.24) is 9.13 Å². The summed E-state index contributed by atoms with van der Waals surface area (Å²) in [5.41, 5.74) is 12.3. The van der Waals surface area contributed by atoms with Crippen LogP contribution >= 0.6 is 0 Å². The average molecular weight is 435 g/mol. The predicted octanol–water partition coefficient (Wildman–Crippen LogP) is 4.90. The Morgan fingerprint density at radius 3 is 1.42 bits per heavy atom. The number of aryl methyl sites for hydroxylation is 6. The van der Waals surface area contributed by atoms with Gasteiger partial charge in [-0.1, -0.05) is 9.13 Å². The van der Waals surface area contributed by atoms with E-state index >= 15 is 0 Å². The lowest BCUT2D eigenvalue weighted by Gasteiger charge is -2.30. The summed E-state index contributed by atoms with van der Waals surface area (Å²) in [5.74, 6) is -0.694. The maximum absolute atomic E-state index is 2.51. The van der Waals surface area contributed by atoms with Gasteiger partial charge in [-0.05, 0) is 88.1 Å². The highest BCUT2D eigenvalue weighted by Gasteiger charge is 2.61. The van der Waals surface area contributed by atoms with Crippen LogP contribution in [0.1, 0.15) is 56.4 Å². The van der Waals surface area contributed by atoms with Crippen molar-refractivity contribution in [3.63, 3.8) is 0 Å². The molecule has 0 unspecified atom stereocenters. The molecule has 0 amide bonds. The lowest BCUT2D eigenvalue weighted by molar-refractivity contribution is -1.01. The molecule has 0 fully saturated rings. The first-order valence-corrected chi connectivity index (χ1v) is 11.6. The van der Waals surface area contributed by atoms with Crippen LogP contribution in [-0.4, -0.2) is 9.13 Å². The number of aromatic nitrogens is 4. The van der Waals surface area contributed by atoms with Crippen LogP contribution in [0.25, 0.3) is 24.3 Å². The first-order chi connectivity index (χ1) is 15.8. The van der Waals surface area contributed by atoms with Gasteiger partial charge in [0.15, 0.2) is 12.4 Å². The van der Waals surface area contributed by atoms with Crippen LogP contribution in [0.4, 0.5) is 0 Å². The summed E-state index contributed by atoms with van der Waals surface area (Å²) in [7, 11) is 0. The van der Waals surface area contributed by atoms with Crippen LogP contribution in [-0.2, 0) is 5.91 Å². The summed E-state index contributed by atoms with van der Waals surface area (Å²) in [6, 6.07) is 13.6. The molecule has 2 aliphatic heterocycles. The summed E-state index contributed by atoms with van der Waals surface area (Å²) in [5, 5.41) is 0. The Balaban J connectivity index is 1.93. The molecule has 4 aromatic rings. The molecule has 2 aliphatic rings. The average Bonchev–Trinajstić information content (AvgIpc) is 3.08. The number of rotatable bonds is 0. The third-order valence-electron chi connectivity index (χ3n) is 7.20. The SMILES string of the molecule is Cc1cc[n+]2c(c1)C=Cc1c(C)cc(C)n1C21n2c(C)cc(C)c2C=Cc2cc(C)cc[n+]21. The maximum atomic E-state index is 2.51. The van der Waals surface area contributed by atoms with Crippen LogP contribution < -0.4 is 9.13 Å². The minimum atomic E-state index is -0.694. The molecular weight excluding hydrogens is 404 g/mol. The first-order valence-electron chi connectivity index (χ1n) is 11.6. The molecule has 164 valence electrons. The van der Waals surface area contributed by atoms with Gasteiger partial charge in [0.25, 0.3) is 0 Å². The highest BCUT2D eigenvalue weighted by atomic mass is 15.6. The fraction of sp³-hybridized carbons (Fsp3) is 0.241. The molecule has 1 spiro atoms. The van der Waals surface area contributed by atoms with Crippen molar-refractivity contribution in [1.29, 1.82) is 0 Å². The van der Waals surface area contributed by atoms with Crippen molar-refractivity contribution in [3.8, 4) is 0 Å². The minimum Gasteiger partial charge on any atom is -0.204 e. The van der Waals surface area contributed by atoms with Gasteiger partial charge in [-0.2, -0.15) is 0 Å². The molecule has 0 bridgehead atoms. The molecule has 0 atom stereocenters. The van der Waals surface area contributed by atoms with Gasteiger partial charge < -0.3 is 0 Å². The van der Waals surface area contributed by atoms with Crippen molar-refractivity contribution in [2.45, 2.75) is 47.5 Å². The van der Waals surface area contributed by atoms with Gasteiger partial charge >= 0.3 is 5.91 Å². The van der Waals surface area contributed by atoms with Crippen LogP contribution in [0.2, 0.25) is 0 Å². The lowest BCUT2D eigenvalue weighted by atomic mass is 10.2. The van der Waals surface area contributed by atoms with E-state index in [-0.39, 0.29) is 0 Å². The molecule has 6 heterocycles. The van der Waals surface area contributed by atoms with E-state index in [2.05, 4.69) is 133 Å². The summed E-state index contributed by atoms with van der Waals surface area (Å²) in [6.07, 6.45) is 13.6. The zero-order chi connectivity index (χ0) is 23.1. The number of fused-ring (bicyclic) bond motifs is 8. The van der Waals surface area contributed by atoms with Crippen LogP contribution in [0.5, 0.6) is 0 Å².